The number of aromatic nitrogens is 3. The number of carbonyl (C=O) groups is 2. The molecule has 2 N–H and O–H groups in total. The number of nitrogens with one attached hydrogen (secondary N) is 2. The first-order valence-corrected chi connectivity index (χ1v) is 14.1. The lowest BCUT2D eigenvalue weighted by Gasteiger charge is -2.25. The highest BCUT2D eigenvalue weighted by atomic mass is 32.2. The van der Waals surface area contributed by atoms with Gasteiger partial charge in [0, 0.05) is 38.3 Å². The lowest BCUT2D eigenvalue weighted by molar-refractivity contribution is -0.122. The third-order valence-electron chi connectivity index (χ3n) is 6.24. The molecular weight excluding hydrogens is 538 g/mol. The molecule has 214 valence electrons. The summed E-state index contributed by atoms with van der Waals surface area (Å²) in [5.41, 5.74) is 1.11. The molecule has 40 heavy (non-hydrogen) atoms. The molecule has 0 radical (unpaired) electrons. The number of hydrogen-bond donors (Lipinski definition) is 2. The number of fused-ring (bicyclic) bond motifs is 3. The Morgan fingerprint density at radius 3 is 2.52 bits per heavy atom. The predicted octanol–water partition coefficient (Wildman–Crippen LogP) is 1.06. The van der Waals surface area contributed by atoms with Crippen LogP contribution in [0.2, 0.25) is 0 Å². The number of ether oxygens (including phenoxy) is 2. The van der Waals surface area contributed by atoms with Crippen LogP contribution < -0.4 is 20.1 Å². The largest absolute Gasteiger partial charge is 0.493 e. The van der Waals surface area contributed by atoms with Crippen LogP contribution in [0.3, 0.4) is 0 Å². The van der Waals surface area contributed by atoms with Gasteiger partial charge in [0.1, 0.15) is 12.4 Å². The van der Waals surface area contributed by atoms with Crippen molar-refractivity contribution in [3.63, 3.8) is 0 Å². The summed E-state index contributed by atoms with van der Waals surface area (Å²) in [6, 6.07) is 13.6. The number of hydrogen-bond acceptors (Lipinski definition) is 8. The van der Waals surface area contributed by atoms with Gasteiger partial charge in [-0.25, -0.2) is 9.67 Å². The topological polar surface area (TPSA) is 148 Å². The average molecular weight is 572 g/mol. The number of carbonyl (C=O) groups excluding carboxylic acids is 2. The molecule has 2 heterocycles. The van der Waals surface area contributed by atoms with Crippen molar-refractivity contribution in [2.24, 2.45) is 0 Å². The minimum atomic E-state index is -3.96. The predicted molar refractivity (Wildman–Crippen MR) is 147 cm³/mol. The van der Waals surface area contributed by atoms with Gasteiger partial charge in [0.25, 0.3) is 16.1 Å². The van der Waals surface area contributed by atoms with E-state index in [-0.39, 0.29) is 26.2 Å². The zero-order valence-electron chi connectivity index (χ0n) is 22.8. The zero-order chi connectivity index (χ0) is 28.9. The highest BCUT2D eigenvalue weighted by molar-refractivity contribution is 7.86. The van der Waals surface area contributed by atoms with E-state index < -0.39 is 34.6 Å². The number of methoxy groups -OCH3 is 1. The van der Waals surface area contributed by atoms with Crippen molar-refractivity contribution in [2.75, 3.05) is 47.4 Å². The summed E-state index contributed by atoms with van der Waals surface area (Å²) in [4.78, 5) is 30.6. The third kappa shape index (κ3) is 6.58. The first-order valence-electron chi connectivity index (χ1n) is 12.7. The molecule has 0 saturated heterocycles. The number of benzene rings is 2. The Balaban J connectivity index is 1.71. The lowest BCUT2D eigenvalue weighted by atomic mass is 10.2. The molecule has 2 bridgehead atoms. The molecule has 0 fully saturated rings. The van der Waals surface area contributed by atoms with Crippen LogP contribution in [0.15, 0.2) is 48.5 Å². The quantitative estimate of drug-likeness (QED) is 0.473. The number of rotatable bonds is 4. The Morgan fingerprint density at radius 2 is 1.82 bits per heavy atom. The summed E-state index contributed by atoms with van der Waals surface area (Å²) < 4.78 is 41.0. The maximum Gasteiger partial charge on any atom is 0.282 e. The Bertz CT molecular complexity index is 1460. The Hall–Kier alpha value is -4.01. The second-order valence-electron chi connectivity index (χ2n) is 9.27. The van der Waals surface area contributed by atoms with Crippen LogP contribution in [0.1, 0.15) is 29.1 Å². The Kier molecular flexibility index (Phi) is 9.02. The van der Waals surface area contributed by atoms with Gasteiger partial charge in [0.15, 0.2) is 17.3 Å². The van der Waals surface area contributed by atoms with Gasteiger partial charge in [-0.2, -0.15) is 22.1 Å². The van der Waals surface area contributed by atoms with E-state index in [1.807, 2.05) is 30.3 Å². The summed E-state index contributed by atoms with van der Waals surface area (Å²) in [5, 5.41) is 10.2. The van der Waals surface area contributed by atoms with Crippen LogP contribution in [0, 0.1) is 0 Å². The maximum absolute atomic E-state index is 13.0. The van der Waals surface area contributed by atoms with Crippen molar-refractivity contribution >= 4 is 22.0 Å². The minimum Gasteiger partial charge on any atom is -0.493 e. The van der Waals surface area contributed by atoms with Gasteiger partial charge in [-0.1, -0.05) is 30.3 Å². The van der Waals surface area contributed by atoms with E-state index in [0.29, 0.717) is 28.7 Å². The molecule has 2 amide bonds. The van der Waals surface area contributed by atoms with Crippen LogP contribution in [0.25, 0.3) is 11.4 Å². The van der Waals surface area contributed by atoms with Crippen LogP contribution in [0.4, 0.5) is 0 Å². The molecule has 13 nitrogen and oxygen atoms in total. The molecule has 0 unspecified atom stereocenters. The van der Waals surface area contributed by atoms with E-state index in [1.165, 1.54) is 21.2 Å². The van der Waals surface area contributed by atoms with Gasteiger partial charge in [-0.15, -0.1) is 0 Å². The molecule has 0 spiro atoms. The van der Waals surface area contributed by atoms with E-state index >= 15 is 0 Å². The highest BCUT2D eigenvalue weighted by Crippen LogP contribution is 2.28. The van der Waals surface area contributed by atoms with Gasteiger partial charge >= 0.3 is 0 Å². The van der Waals surface area contributed by atoms with E-state index in [0.717, 1.165) is 14.2 Å². The van der Waals surface area contributed by atoms with Gasteiger partial charge in [-0.05, 0) is 25.1 Å². The first-order chi connectivity index (χ1) is 19.1. The van der Waals surface area contributed by atoms with Crippen molar-refractivity contribution in [3.05, 3.63) is 59.9 Å². The molecule has 2 aromatic carbocycles. The second-order valence-corrected chi connectivity index (χ2v) is 11.4. The van der Waals surface area contributed by atoms with E-state index in [1.54, 1.807) is 29.8 Å². The van der Waals surface area contributed by atoms with Gasteiger partial charge in [-0.3, -0.25) is 9.59 Å². The van der Waals surface area contributed by atoms with Crippen LogP contribution in [-0.4, -0.2) is 91.1 Å². The molecule has 1 atom stereocenters. The summed E-state index contributed by atoms with van der Waals surface area (Å²) in [5.74, 6) is 0.795. The smallest absolute Gasteiger partial charge is 0.282 e. The Morgan fingerprint density at radius 1 is 1.07 bits per heavy atom. The fraction of sp³-hybridized carbons (Fsp3) is 0.385. The van der Waals surface area contributed by atoms with Crippen LogP contribution in [-0.2, 0) is 21.5 Å². The fourth-order valence-corrected chi connectivity index (χ4v) is 5.20. The van der Waals surface area contributed by atoms with Crippen molar-refractivity contribution in [1.82, 2.24) is 34.0 Å². The molecule has 14 heteroatoms. The molecule has 1 aliphatic heterocycles. The molecule has 4 rings (SSSR count). The standard InChI is InChI=1S/C26H33N7O6S/c1-18-25-29-24(19-8-6-5-7-9-19)30-33(25)14-15-39-22-16-20(10-11-21(22)38-4)26(35)27-12-13-32(17-23(34)28-18)40(36,37)31(2)3/h5-11,16,18H,12-15,17H2,1-4H3,(H,27,35)(H,28,34)/t18-/m1/s1. The second kappa shape index (κ2) is 12.4. The van der Waals surface area contributed by atoms with Crippen molar-refractivity contribution in [1.29, 1.82) is 0 Å². The van der Waals surface area contributed by atoms with Crippen molar-refractivity contribution < 1.29 is 27.5 Å². The molecule has 3 aromatic rings. The molecule has 0 saturated carbocycles. The zero-order valence-corrected chi connectivity index (χ0v) is 23.6. The normalized spacial score (nSPS) is 17.8. The molecule has 1 aliphatic rings. The minimum absolute atomic E-state index is 0.0221. The van der Waals surface area contributed by atoms with Crippen molar-refractivity contribution in [2.45, 2.75) is 19.5 Å². The summed E-state index contributed by atoms with van der Waals surface area (Å²) in [6.07, 6.45) is 0. The number of nitrogens with zero attached hydrogens (tertiary/aromatic N) is 5. The summed E-state index contributed by atoms with van der Waals surface area (Å²) in [7, 11) is 0.297. The van der Waals surface area contributed by atoms with Crippen LogP contribution in [0.5, 0.6) is 11.5 Å². The third-order valence-corrected chi connectivity index (χ3v) is 8.13. The fourth-order valence-electron chi connectivity index (χ4n) is 4.14. The van der Waals surface area contributed by atoms with Gasteiger partial charge in [0.05, 0.1) is 26.2 Å². The first kappa shape index (κ1) is 29.0. The lowest BCUT2D eigenvalue weighted by Crippen LogP contribution is -2.48. The van der Waals surface area contributed by atoms with Gasteiger partial charge < -0.3 is 20.1 Å². The van der Waals surface area contributed by atoms with E-state index in [9.17, 15) is 18.0 Å². The summed E-state index contributed by atoms with van der Waals surface area (Å²) in [6.45, 7) is 1.60. The molecule has 0 aliphatic carbocycles. The summed E-state index contributed by atoms with van der Waals surface area (Å²) >= 11 is 0. The highest BCUT2D eigenvalue weighted by Gasteiger charge is 2.28. The Labute approximate surface area is 233 Å². The number of amides is 2. The molecule has 1 aromatic heterocycles. The van der Waals surface area contributed by atoms with Crippen molar-refractivity contribution in [3.8, 4) is 22.9 Å². The molecular formula is C26H33N7O6S. The average Bonchev–Trinajstić information content (AvgIpc) is 3.36. The SMILES string of the molecule is COc1ccc2cc1OCCn1nc(-c3ccccc3)nc1[C@@H](C)NC(=O)CN(S(=O)(=O)N(C)C)CCNC2=O. The van der Waals surface area contributed by atoms with E-state index in [4.69, 9.17) is 9.47 Å². The maximum atomic E-state index is 13.0. The van der Waals surface area contributed by atoms with Crippen LogP contribution >= 0.6 is 0 Å². The monoisotopic (exact) mass is 571 g/mol. The van der Waals surface area contributed by atoms with Gasteiger partial charge in [0.2, 0.25) is 5.91 Å². The van der Waals surface area contributed by atoms with E-state index in [2.05, 4.69) is 20.7 Å².